The van der Waals surface area contributed by atoms with Gasteiger partial charge in [0.2, 0.25) is 5.88 Å². The first-order valence-electron chi connectivity index (χ1n) is 14.1. The topological polar surface area (TPSA) is 68.7 Å². The van der Waals surface area contributed by atoms with E-state index in [2.05, 4.69) is 25.8 Å². The number of aliphatic carboxylic acids is 1. The molecule has 1 aromatic heterocycles. The maximum absolute atomic E-state index is 15.4. The summed E-state index contributed by atoms with van der Waals surface area (Å²) in [6, 6.07) is 8.86. The molecule has 0 amide bonds. The molecule has 5 nitrogen and oxygen atoms in total. The number of aromatic nitrogens is 1. The number of halogens is 3. The second-order valence-corrected chi connectivity index (χ2v) is 11.4. The summed E-state index contributed by atoms with van der Waals surface area (Å²) in [6.45, 7) is 7.64. The Balaban J connectivity index is 0.00000144. The summed E-state index contributed by atoms with van der Waals surface area (Å²) in [5.41, 5.74) is 1.56. The summed E-state index contributed by atoms with van der Waals surface area (Å²) < 4.78 is 56.1. The van der Waals surface area contributed by atoms with Crippen molar-refractivity contribution in [1.29, 1.82) is 0 Å². The second kappa shape index (κ2) is 14.4. The van der Waals surface area contributed by atoms with Crippen molar-refractivity contribution in [3.8, 4) is 22.8 Å². The average molecular weight is 572 g/mol. The summed E-state index contributed by atoms with van der Waals surface area (Å²) in [4.78, 5) is 14.9. The van der Waals surface area contributed by atoms with E-state index >= 15 is 8.78 Å². The highest BCUT2D eigenvalue weighted by atomic mass is 19.1. The van der Waals surface area contributed by atoms with Crippen molar-refractivity contribution in [2.24, 2.45) is 5.41 Å². The van der Waals surface area contributed by atoms with E-state index in [-0.39, 0.29) is 46.8 Å². The van der Waals surface area contributed by atoms with E-state index in [1.165, 1.54) is 50.6 Å². The van der Waals surface area contributed by atoms with Gasteiger partial charge < -0.3 is 14.6 Å². The number of methoxy groups -OCH3 is 1. The van der Waals surface area contributed by atoms with Crippen molar-refractivity contribution in [3.05, 3.63) is 76.7 Å². The van der Waals surface area contributed by atoms with Gasteiger partial charge in [0, 0.05) is 17.2 Å². The zero-order valence-corrected chi connectivity index (χ0v) is 24.5. The third-order valence-electron chi connectivity index (χ3n) is 6.94. The van der Waals surface area contributed by atoms with Crippen LogP contribution < -0.4 is 9.47 Å². The van der Waals surface area contributed by atoms with Crippen LogP contribution in [-0.4, -0.2) is 23.2 Å². The Morgan fingerprint density at radius 2 is 1.76 bits per heavy atom. The van der Waals surface area contributed by atoms with Crippen molar-refractivity contribution >= 4 is 5.97 Å². The van der Waals surface area contributed by atoms with Crippen molar-refractivity contribution in [1.82, 2.24) is 4.98 Å². The number of hydrogen-bond donors (Lipinski definition) is 1. The molecule has 1 fully saturated rings. The normalized spacial score (nSPS) is 13.2. The van der Waals surface area contributed by atoms with E-state index < -0.39 is 29.3 Å². The predicted molar refractivity (Wildman–Crippen MR) is 154 cm³/mol. The van der Waals surface area contributed by atoms with Gasteiger partial charge in [0.1, 0.15) is 18.2 Å². The first-order valence-corrected chi connectivity index (χ1v) is 14.1. The van der Waals surface area contributed by atoms with Crippen molar-refractivity contribution < 1.29 is 32.5 Å². The zero-order valence-electron chi connectivity index (χ0n) is 24.5. The largest absolute Gasteiger partial charge is 0.486 e. The van der Waals surface area contributed by atoms with Crippen LogP contribution in [0.4, 0.5) is 13.2 Å². The Labute approximate surface area is 240 Å². The monoisotopic (exact) mass is 571 g/mol. The van der Waals surface area contributed by atoms with Crippen LogP contribution in [0.3, 0.4) is 0 Å². The average Bonchev–Trinajstić information content (AvgIpc) is 3.79. The van der Waals surface area contributed by atoms with Gasteiger partial charge in [0.05, 0.1) is 19.7 Å². The third kappa shape index (κ3) is 9.23. The number of rotatable bonds is 12. The number of pyridine rings is 1. The van der Waals surface area contributed by atoms with E-state index in [0.29, 0.717) is 12.0 Å². The van der Waals surface area contributed by atoms with Crippen LogP contribution in [-0.2, 0) is 17.8 Å². The summed E-state index contributed by atoms with van der Waals surface area (Å²) in [7, 11) is 1.42. The Morgan fingerprint density at radius 1 is 1.05 bits per heavy atom. The molecule has 0 saturated heterocycles. The van der Waals surface area contributed by atoms with Gasteiger partial charge in [-0.25, -0.2) is 18.2 Å². The number of ether oxygens (including phenoxy) is 2. The predicted octanol–water partition coefficient (Wildman–Crippen LogP) is 8.87. The smallest absolute Gasteiger partial charge is 0.303 e. The molecule has 4 rings (SSSR count). The van der Waals surface area contributed by atoms with Gasteiger partial charge in [-0.15, -0.1) is 0 Å². The Morgan fingerprint density at radius 3 is 2.37 bits per heavy atom. The number of carboxylic acid groups (broad SMARTS) is 1. The molecule has 0 spiro atoms. The maximum Gasteiger partial charge on any atom is 0.303 e. The summed E-state index contributed by atoms with van der Waals surface area (Å²) >= 11 is 0. The third-order valence-corrected chi connectivity index (χ3v) is 6.94. The van der Waals surface area contributed by atoms with Crippen molar-refractivity contribution in [2.75, 3.05) is 7.11 Å². The molecule has 1 saturated carbocycles. The molecule has 8 heteroatoms. The Bertz CT molecular complexity index is 1340. The van der Waals surface area contributed by atoms with E-state index in [4.69, 9.17) is 14.6 Å². The van der Waals surface area contributed by atoms with Crippen LogP contribution in [0.5, 0.6) is 11.6 Å². The Hall–Kier alpha value is -3.55. The van der Waals surface area contributed by atoms with Gasteiger partial charge in [-0.1, -0.05) is 65.5 Å². The molecule has 222 valence electrons. The lowest BCUT2D eigenvalue weighted by molar-refractivity contribution is -0.137. The summed E-state index contributed by atoms with van der Waals surface area (Å²) in [5.74, 6) is -3.38. The molecular weight excluding hydrogens is 531 g/mol. The highest BCUT2D eigenvalue weighted by Crippen LogP contribution is 2.37. The maximum atomic E-state index is 15.4. The van der Waals surface area contributed by atoms with Gasteiger partial charge >= 0.3 is 5.97 Å². The first-order chi connectivity index (χ1) is 19.5. The first kappa shape index (κ1) is 32.0. The molecule has 2 aromatic carbocycles. The standard InChI is InChI=1S/C30H34F3NO4.C3H6/c1-6-10-30(3,4)15-19-12-20(24(31)13-22(19)23-14-27(37-5)34-16-25(23)32)17-38-26-9-7-8-21(29(26)33)18(2)11-28(35)36;1-2-3-1/h7-9,12-14,16,18H,6,10-11,15,17H2,1-5H3,(H,35,36);1-3H2. The van der Waals surface area contributed by atoms with Crippen LogP contribution in [0.1, 0.15) is 88.8 Å². The minimum absolute atomic E-state index is 0.0963. The SMILES string of the molecule is C1CC1.CCCC(C)(C)Cc1cc(COc2cccc(C(C)CC(=O)O)c2F)c(F)cc1-c1cc(OC)ncc1F. The van der Waals surface area contributed by atoms with Crippen molar-refractivity contribution in [3.63, 3.8) is 0 Å². The molecule has 1 aliphatic rings. The zero-order chi connectivity index (χ0) is 30.2. The van der Waals surface area contributed by atoms with Gasteiger partial charge in [0.15, 0.2) is 11.6 Å². The van der Waals surface area contributed by atoms with E-state index in [9.17, 15) is 9.18 Å². The molecule has 0 aliphatic heterocycles. The number of nitrogens with zero attached hydrogens (tertiary/aromatic N) is 1. The lowest BCUT2D eigenvalue weighted by Gasteiger charge is -2.26. The second-order valence-electron chi connectivity index (χ2n) is 11.4. The van der Waals surface area contributed by atoms with Crippen LogP contribution in [0.2, 0.25) is 0 Å². The molecule has 0 radical (unpaired) electrons. The minimum Gasteiger partial charge on any atom is -0.486 e. The number of hydrogen-bond acceptors (Lipinski definition) is 4. The highest BCUT2D eigenvalue weighted by molar-refractivity contribution is 5.70. The van der Waals surface area contributed by atoms with E-state index in [1.54, 1.807) is 19.1 Å². The van der Waals surface area contributed by atoms with Crippen LogP contribution in [0, 0.1) is 22.9 Å². The molecule has 1 unspecified atom stereocenters. The fourth-order valence-corrected chi connectivity index (χ4v) is 4.74. The number of carboxylic acids is 1. The van der Waals surface area contributed by atoms with Crippen LogP contribution in [0.25, 0.3) is 11.1 Å². The molecule has 1 aliphatic carbocycles. The minimum atomic E-state index is -1.04. The molecule has 1 heterocycles. The lowest BCUT2D eigenvalue weighted by Crippen LogP contribution is -2.16. The van der Waals surface area contributed by atoms with Gasteiger partial charge in [-0.05, 0) is 59.1 Å². The Kier molecular flexibility index (Phi) is 11.2. The van der Waals surface area contributed by atoms with Crippen molar-refractivity contribution in [2.45, 2.75) is 85.2 Å². The van der Waals surface area contributed by atoms with Gasteiger partial charge in [-0.2, -0.15) is 0 Å². The van der Waals surface area contributed by atoms with Crippen LogP contribution in [0.15, 0.2) is 42.6 Å². The van der Waals surface area contributed by atoms with E-state index in [0.717, 1.165) is 24.6 Å². The number of benzene rings is 2. The molecule has 0 bridgehead atoms. The van der Waals surface area contributed by atoms with E-state index in [1.807, 2.05) is 0 Å². The molecular formula is C33H40F3NO4. The quantitative estimate of drug-likeness (QED) is 0.235. The molecule has 41 heavy (non-hydrogen) atoms. The summed E-state index contributed by atoms with van der Waals surface area (Å²) in [6.07, 6.45) is 7.72. The molecule has 3 aromatic rings. The van der Waals surface area contributed by atoms with Gasteiger partial charge in [0.25, 0.3) is 0 Å². The van der Waals surface area contributed by atoms with Crippen LogP contribution >= 0.6 is 0 Å². The highest BCUT2D eigenvalue weighted by Gasteiger charge is 2.24. The molecule has 1 atom stereocenters. The fraction of sp³-hybridized carbons (Fsp3) is 0.455. The van der Waals surface area contributed by atoms with Gasteiger partial charge in [-0.3, -0.25) is 4.79 Å². The number of carbonyl (C=O) groups is 1. The lowest BCUT2D eigenvalue weighted by atomic mass is 9.79. The molecule has 1 N–H and O–H groups in total. The fourth-order valence-electron chi connectivity index (χ4n) is 4.74. The summed E-state index contributed by atoms with van der Waals surface area (Å²) in [5, 5.41) is 9.05.